The molecule has 1 atom stereocenters. The molecule has 0 rings (SSSR count). The second-order valence-electron chi connectivity index (χ2n) is 3.92. The van der Waals surface area contributed by atoms with Crippen LogP contribution in [0.25, 0.3) is 0 Å². The first-order chi connectivity index (χ1) is 8.14. The van der Waals surface area contributed by atoms with E-state index in [1.54, 1.807) is 7.11 Å². The normalized spacial score (nSPS) is 13.9. The second kappa shape index (κ2) is 10.1. The van der Waals surface area contributed by atoms with Crippen molar-refractivity contribution in [3.8, 4) is 0 Å². The third kappa shape index (κ3) is 6.56. The zero-order chi connectivity index (χ0) is 13.1. The molecular weight excluding hydrogens is 239 g/mol. The Bertz CT molecular complexity index is 211. The number of ether oxygens (including phenoxy) is 1. The van der Waals surface area contributed by atoms with Crippen molar-refractivity contribution in [2.75, 3.05) is 20.3 Å². The molecule has 0 aromatic heterocycles. The third-order valence-corrected chi connectivity index (χ3v) is 4.96. The highest BCUT2D eigenvalue weighted by atomic mass is 31.2. The van der Waals surface area contributed by atoms with Crippen LogP contribution in [0.1, 0.15) is 52.9 Å². The largest absolute Gasteiger partial charge is 0.369 e. The maximum Gasteiger partial charge on any atom is 0.359 e. The molecule has 0 aliphatic heterocycles. The van der Waals surface area contributed by atoms with Crippen LogP contribution in [0.15, 0.2) is 0 Å². The summed E-state index contributed by atoms with van der Waals surface area (Å²) in [5.74, 6) is -0.431. The summed E-state index contributed by atoms with van der Waals surface area (Å²) in [7, 11) is -1.54. The minimum absolute atomic E-state index is 0.381. The van der Waals surface area contributed by atoms with E-state index in [1.165, 1.54) is 12.8 Å². The number of methoxy groups -OCH3 is 1. The van der Waals surface area contributed by atoms with E-state index >= 15 is 0 Å². The van der Waals surface area contributed by atoms with Gasteiger partial charge in [0.1, 0.15) is 0 Å². The van der Waals surface area contributed by atoms with Gasteiger partial charge in [0.05, 0.1) is 13.2 Å². The monoisotopic (exact) mass is 266 g/mol. The fourth-order valence-corrected chi connectivity index (χ4v) is 3.60. The fraction of sp³-hybridized carbons (Fsp3) is 1.00. The van der Waals surface area contributed by atoms with Crippen LogP contribution < -0.4 is 0 Å². The van der Waals surface area contributed by atoms with Gasteiger partial charge in [-0.15, -0.1) is 0 Å². The summed E-state index contributed by atoms with van der Waals surface area (Å²) in [4.78, 5) is 0. The maximum atomic E-state index is 12.4. The van der Waals surface area contributed by atoms with Gasteiger partial charge in [0, 0.05) is 7.11 Å². The van der Waals surface area contributed by atoms with Crippen molar-refractivity contribution in [1.29, 1.82) is 0 Å². The summed E-state index contributed by atoms with van der Waals surface area (Å²) in [5, 5.41) is 0. The van der Waals surface area contributed by atoms with Crippen molar-refractivity contribution < 1.29 is 18.3 Å². The average Bonchev–Trinajstić information content (AvgIpc) is 2.29. The molecule has 0 aliphatic rings. The highest BCUT2D eigenvalue weighted by Crippen LogP contribution is 2.54. The van der Waals surface area contributed by atoms with Crippen molar-refractivity contribution in [3.05, 3.63) is 0 Å². The van der Waals surface area contributed by atoms with Crippen LogP contribution >= 0.6 is 7.60 Å². The summed E-state index contributed by atoms with van der Waals surface area (Å²) in [6.07, 6.45) is 5.25. The van der Waals surface area contributed by atoms with E-state index in [0.717, 1.165) is 19.3 Å². The van der Waals surface area contributed by atoms with E-state index in [0.29, 0.717) is 13.2 Å². The van der Waals surface area contributed by atoms with Gasteiger partial charge in [-0.25, -0.2) is 0 Å². The Labute approximate surface area is 106 Å². The molecule has 5 heteroatoms. The third-order valence-electron chi connectivity index (χ3n) is 2.55. The van der Waals surface area contributed by atoms with Crippen molar-refractivity contribution >= 4 is 7.60 Å². The van der Waals surface area contributed by atoms with E-state index in [1.807, 2.05) is 13.8 Å². The fourth-order valence-electron chi connectivity index (χ4n) is 1.71. The molecule has 0 aromatic rings. The van der Waals surface area contributed by atoms with Crippen LogP contribution in [0.4, 0.5) is 0 Å². The van der Waals surface area contributed by atoms with Crippen molar-refractivity contribution in [2.45, 2.75) is 58.7 Å². The van der Waals surface area contributed by atoms with Gasteiger partial charge in [-0.1, -0.05) is 32.6 Å². The van der Waals surface area contributed by atoms with E-state index in [4.69, 9.17) is 13.8 Å². The molecule has 0 saturated heterocycles. The van der Waals surface area contributed by atoms with Crippen molar-refractivity contribution in [2.24, 2.45) is 0 Å². The molecule has 104 valence electrons. The predicted octanol–water partition coefficient (Wildman–Crippen LogP) is 4.20. The van der Waals surface area contributed by atoms with Gasteiger partial charge in [-0.05, 0) is 20.3 Å². The summed E-state index contributed by atoms with van der Waals surface area (Å²) in [5.41, 5.74) is 0. The molecule has 1 unspecified atom stereocenters. The minimum Gasteiger partial charge on any atom is -0.369 e. The van der Waals surface area contributed by atoms with Crippen molar-refractivity contribution in [1.82, 2.24) is 0 Å². The lowest BCUT2D eigenvalue weighted by molar-refractivity contribution is 0.102. The van der Waals surface area contributed by atoms with Gasteiger partial charge < -0.3 is 13.8 Å². The van der Waals surface area contributed by atoms with E-state index in [9.17, 15) is 4.57 Å². The predicted molar refractivity (Wildman–Crippen MR) is 70.4 cm³/mol. The Balaban J connectivity index is 4.30. The lowest BCUT2D eigenvalue weighted by Gasteiger charge is -2.25. The molecule has 0 radical (unpaired) electrons. The van der Waals surface area contributed by atoms with Gasteiger partial charge in [0.25, 0.3) is 0 Å². The summed E-state index contributed by atoms with van der Waals surface area (Å²) >= 11 is 0. The van der Waals surface area contributed by atoms with Gasteiger partial charge in [0.15, 0.2) is 5.85 Å². The smallest absolute Gasteiger partial charge is 0.359 e. The summed E-state index contributed by atoms with van der Waals surface area (Å²) in [6.45, 7) is 6.56. The van der Waals surface area contributed by atoms with Crippen LogP contribution in [0, 0.1) is 0 Å². The molecular formula is C12H27O4P. The van der Waals surface area contributed by atoms with Crippen LogP contribution in [-0.2, 0) is 18.3 Å². The molecule has 0 aromatic carbocycles. The Morgan fingerprint density at radius 1 is 1.00 bits per heavy atom. The second-order valence-corrected chi connectivity index (χ2v) is 6.09. The number of rotatable bonds is 11. The minimum atomic E-state index is -3.10. The highest BCUT2D eigenvalue weighted by molar-refractivity contribution is 7.54. The van der Waals surface area contributed by atoms with Gasteiger partial charge in [0.2, 0.25) is 0 Å². The molecule has 0 fully saturated rings. The SMILES string of the molecule is CCCCCCC(OC)P(=O)(OCC)OCC. The molecule has 0 N–H and O–H groups in total. The summed E-state index contributed by atoms with van der Waals surface area (Å²) < 4.78 is 28.3. The molecule has 17 heavy (non-hydrogen) atoms. The molecule has 0 amide bonds. The number of unbranched alkanes of at least 4 members (excludes halogenated alkanes) is 3. The van der Waals surface area contributed by atoms with Crippen LogP contribution in [-0.4, -0.2) is 26.2 Å². The van der Waals surface area contributed by atoms with Gasteiger partial charge >= 0.3 is 7.60 Å². The van der Waals surface area contributed by atoms with E-state index < -0.39 is 13.4 Å². The molecule has 0 aliphatic carbocycles. The molecule has 0 spiro atoms. The number of hydrogen-bond acceptors (Lipinski definition) is 4. The Hall–Kier alpha value is 0.110. The Morgan fingerprint density at radius 2 is 1.59 bits per heavy atom. The molecule has 0 saturated carbocycles. The van der Waals surface area contributed by atoms with E-state index in [2.05, 4.69) is 6.92 Å². The van der Waals surface area contributed by atoms with Crippen LogP contribution in [0.3, 0.4) is 0 Å². The van der Waals surface area contributed by atoms with Gasteiger partial charge in [-0.2, -0.15) is 0 Å². The van der Waals surface area contributed by atoms with Gasteiger partial charge in [-0.3, -0.25) is 4.57 Å². The standard InChI is InChI=1S/C12H27O4P/c1-5-8-9-10-11-12(14-4)17(13,15-6-2)16-7-3/h12H,5-11H2,1-4H3. The summed E-state index contributed by atoms with van der Waals surface area (Å²) in [6, 6.07) is 0. The van der Waals surface area contributed by atoms with Crippen LogP contribution in [0.5, 0.6) is 0 Å². The lowest BCUT2D eigenvalue weighted by Crippen LogP contribution is -2.15. The Kier molecular flexibility index (Phi) is 10.1. The topological polar surface area (TPSA) is 44.8 Å². The highest BCUT2D eigenvalue weighted by Gasteiger charge is 2.35. The maximum absolute atomic E-state index is 12.4. The van der Waals surface area contributed by atoms with Crippen LogP contribution in [0.2, 0.25) is 0 Å². The zero-order valence-corrected chi connectivity index (χ0v) is 12.5. The van der Waals surface area contributed by atoms with Crippen molar-refractivity contribution in [3.63, 3.8) is 0 Å². The quantitative estimate of drug-likeness (QED) is 0.415. The number of hydrogen-bond donors (Lipinski definition) is 0. The zero-order valence-electron chi connectivity index (χ0n) is 11.6. The average molecular weight is 266 g/mol. The molecule has 4 nitrogen and oxygen atoms in total. The lowest BCUT2D eigenvalue weighted by atomic mass is 10.2. The first-order valence-electron chi connectivity index (χ1n) is 6.56. The molecule has 0 bridgehead atoms. The molecule has 0 heterocycles. The first-order valence-corrected chi connectivity index (χ1v) is 8.17. The first kappa shape index (κ1) is 17.1. The Morgan fingerprint density at radius 3 is 2.00 bits per heavy atom. The van der Waals surface area contributed by atoms with E-state index in [-0.39, 0.29) is 0 Å².